The van der Waals surface area contributed by atoms with Crippen molar-refractivity contribution in [2.24, 2.45) is 32.9 Å². The van der Waals surface area contributed by atoms with E-state index in [0.717, 1.165) is 0 Å². The molecule has 3 atom stereocenters. The van der Waals surface area contributed by atoms with E-state index in [1.807, 2.05) is 20.8 Å². The van der Waals surface area contributed by atoms with Gasteiger partial charge in [0.1, 0.15) is 11.3 Å². The second kappa shape index (κ2) is 3.94. The van der Waals surface area contributed by atoms with Crippen LogP contribution in [0.25, 0.3) is 0 Å². The van der Waals surface area contributed by atoms with E-state index in [1.54, 1.807) is 0 Å². The lowest BCUT2D eigenvalue weighted by Crippen LogP contribution is -2.43. The highest BCUT2D eigenvalue weighted by atomic mass is 16.7. The van der Waals surface area contributed by atoms with Crippen molar-refractivity contribution >= 4 is 5.84 Å². The molecule has 0 spiro atoms. The molecule has 2 N–H and O–H groups in total. The van der Waals surface area contributed by atoms with Crippen molar-refractivity contribution in [2.45, 2.75) is 33.1 Å². The predicted molar refractivity (Wildman–Crippen MR) is 72.0 cm³/mol. The Bertz CT molecular complexity index is 555. The number of ether oxygens (including phenoxy) is 2. The minimum atomic E-state index is -1.51. The van der Waals surface area contributed by atoms with Crippen molar-refractivity contribution in [3.8, 4) is 12.1 Å². The summed E-state index contributed by atoms with van der Waals surface area (Å²) in [5.41, 5.74) is 3.02. The number of hydrogen-bond acceptors (Lipinski definition) is 6. The van der Waals surface area contributed by atoms with Crippen LogP contribution in [0.3, 0.4) is 0 Å². The van der Waals surface area contributed by atoms with Crippen molar-refractivity contribution in [1.82, 2.24) is 0 Å². The van der Waals surface area contributed by atoms with Crippen molar-refractivity contribution in [1.29, 1.82) is 10.5 Å². The summed E-state index contributed by atoms with van der Waals surface area (Å²) in [5.74, 6) is -1.07. The zero-order chi connectivity index (χ0) is 15.4. The highest BCUT2D eigenvalue weighted by molar-refractivity contribution is 6.00. The Morgan fingerprint density at radius 3 is 2.15 bits per heavy atom. The quantitative estimate of drug-likeness (QED) is 0.781. The first kappa shape index (κ1) is 14.8. The van der Waals surface area contributed by atoms with Gasteiger partial charge in [0.05, 0.1) is 12.1 Å². The average Bonchev–Trinajstić information content (AvgIpc) is 2.76. The van der Waals surface area contributed by atoms with Crippen molar-refractivity contribution < 1.29 is 9.47 Å². The molecular weight excluding hydrogens is 256 g/mol. The molecule has 1 saturated carbocycles. The molecule has 6 heteroatoms. The maximum Gasteiger partial charge on any atom is 0.292 e. The monoisotopic (exact) mass is 276 g/mol. The number of fused-ring (bicyclic) bond motifs is 1. The summed E-state index contributed by atoms with van der Waals surface area (Å²) < 4.78 is 10.8. The normalized spacial score (nSPS) is 40.7. The third-order valence-electron chi connectivity index (χ3n) is 4.99. The minimum Gasteiger partial charge on any atom is -0.386 e. The average molecular weight is 276 g/mol. The molecule has 0 aromatic carbocycles. The van der Waals surface area contributed by atoms with Gasteiger partial charge in [0.15, 0.2) is 5.41 Å². The van der Waals surface area contributed by atoms with E-state index >= 15 is 0 Å². The largest absolute Gasteiger partial charge is 0.386 e. The summed E-state index contributed by atoms with van der Waals surface area (Å²) >= 11 is 0. The fraction of sp³-hybridized carbons (Fsp3) is 0.786. The molecule has 20 heavy (non-hydrogen) atoms. The van der Waals surface area contributed by atoms with Crippen molar-refractivity contribution in [2.75, 3.05) is 14.2 Å². The molecule has 1 fully saturated rings. The van der Waals surface area contributed by atoms with Gasteiger partial charge in [-0.25, -0.2) is 4.99 Å². The number of aliphatic imine (C=N–C) groups is 1. The van der Waals surface area contributed by atoms with Gasteiger partial charge in [0.25, 0.3) is 5.91 Å². The molecule has 2 aliphatic rings. The lowest BCUT2D eigenvalue weighted by molar-refractivity contribution is -0.236. The molecule has 108 valence electrons. The third kappa shape index (κ3) is 1.06. The Balaban J connectivity index is 2.71. The summed E-state index contributed by atoms with van der Waals surface area (Å²) in [6, 6.07) is 4.50. The molecule has 0 aromatic rings. The smallest absolute Gasteiger partial charge is 0.292 e. The second-order valence-electron chi connectivity index (χ2n) is 6.14. The number of nitriles is 2. The van der Waals surface area contributed by atoms with Gasteiger partial charge in [-0.2, -0.15) is 10.5 Å². The van der Waals surface area contributed by atoms with Gasteiger partial charge >= 0.3 is 0 Å². The maximum absolute atomic E-state index is 9.84. The zero-order valence-corrected chi connectivity index (χ0v) is 12.5. The minimum absolute atomic E-state index is 0.133. The number of nitrogens with zero attached hydrogens (tertiary/aromatic N) is 3. The van der Waals surface area contributed by atoms with E-state index in [2.05, 4.69) is 17.1 Å². The first-order chi connectivity index (χ1) is 9.29. The Kier molecular flexibility index (Phi) is 2.91. The summed E-state index contributed by atoms with van der Waals surface area (Å²) in [4.78, 5) is 4.18. The van der Waals surface area contributed by atoms with Gasteiger partial charge in [-0.3, -0.25) is 0 Å². The number of rotatable bonds is 4. The SMILES string of the molecule is COC1(OC)N=C(N)[C@@]2(C#N)[C@@](C)(CC(C)C)[C@@]12C#N. The van der Waals surface area contributed by atoms with Crippen molar-refractivity contribution in [3.05, 3.63) is 0 Å². The summed E-state index contributed by atoms with van der Waals surface area (Å²) in [7, 11) is 2.84. The Morgan fingerprint density at radius 1 is 1.25 bits per heavy atom. The maximum atomic E-state index is 9.84. The lowest BCUT2D eigenvalue weighted by atomic mass is 9.84. The van der Waals surface area contributed by atoms with Crippen LogP contribution in [0.15, 0.2) is 4.99 Å². The zero-order valence-electron chi connectivity index (χ0n) is 12.5. The molecule has 0 unspecified atom stereocenters. The molecule has 0 aromatic heterocycles. The van der Waals surface area contributed by atoms with E-state index in [4.69, 9.17) is 15.2 Å². The number of hydrogen-bond donors (Lipinski definition) is 1. The Labute approximate surface area is 119 Å². The summed E-state index contributed by atoms with van der Waals surface area (Å²) in [6.45, 7) is 5.99. The number of amidine groups is 1. The Hall–Kier alpha value is -1.63. The van der Waals surface area contributed by atoms with Gasteiger partial charge < -0.3 is 15.2 Å². The number of methoxy groups -OCH3 is 2. The van der Waals surface area contributed by atoms with Crippen molar-refractivity contribution in [3.63, 3.8) is 0 Å². The van der Waals surface area contributed by atoms with Crippen LogP contribution in [0.1, 0.15) is 27.2 Å². The molecule has 1 aliphatic carbocycles. The van der Waals surface area contributed by atoms with Crippen LogP contribution in [-0.4, -0.2) is 26.0 Å². The molecule has 1 heterocycles. The van der Waals surface area contributed by atoms with E-state index < -0.39 is 22.2 Å². The molecule has 1 aliphatic heterocycles. The van der Waals surface area contributed by atoms with E-state index in [1.165, 1.54) is 14.2 Å². The highest BCUT2D eigenvalue weighted by Gasteiger charge is 2.98. The van der Waals surface area contributed by atoms with E-state index in [-0.39, 0.29) is 5.84 Å². The second-order valence-corrected chi connectivity index (χ2v) is 6.14. The van der Waals surface area contributed by atoms with Crippen LogP contribution >= 0.6 is 0 Å². The lowest BCUT2D eigenvalue weighted by Gasteiger charge is -2.32. The number of nitrogens with two attached hydrogens (primary N) is 1. The van der Waals surface area contributed by atoms with Gasteiger partial charge in [-0.05, 0) is 12.3 Å². The standard InChI is InChI=1S/C14H20N4O2/c1-9(2)6-11(3)12(7-15)10(17)18-14(19-4,20-5)13(11,12)8-16/h9H,6H2,1-5H3,(H2,17,18)/t11-,12+,13-/m1/s1. The highest BCUT2D eigenvalue weighted by Crippen LogP contribution is 2.86. The summed E-state index contributed by atoms with van der Waals surface area (Å²) in [6.07, 6.45) is 0.665. The molecule has 6 nitrogen and oxygen atoms in total. The van der Waals surface area contributed by atoms with E-state index in [9.17, 15) is 10.5 Å². The fourth-order valence-electron chi connectivity index (χ4n) is 4.32. The predicted octanol–water partition coefficient (Wildman–Crippen LogP) is 1.39. The van der Waals surface area contributed by atoms with Crippen LogP contribution in [0.2, 0.25) is 0 Å². The molecular formula is C14H20N4O2. The molecule has 0 amide bonds. The first-order valence-electron chi connectivity index (χ1n) is 6.57. The van der Waals surface area contributed by atoms with Gasteiger partial charge in [-0.1, -0.05) is 20.8 Å². The molecule has 2 rings (SSSR count). The van der Waals surface area contributed by atoms with Gasteiger partial charge in [-0.15, -0.1) is 0 Å². The first-order valence-corrected chi connectivity index (χ1v) is 6.57. The van der Waals surface area contributed by atoms with Gasteiger partial charge in [0, 0.05) is 19.6 Å². The van der Waals surface area contributed by atoms with Crippen LogP contribution in [0.4, 0.5) is 0 Å². The molecule has 0 bridgehead atoms. The van der Waals surface area contributed by atoms with E-state index in [0.29, 0.717) is 12.3 Å². The van der Waals surface area contributed by atoms with Crippen LogP contribution in [0.5, 0.6) is 0 Å². The third-order valence-corrected chi connectivity index (χ3v) is 4.99. The van der Waals surface area contributed by atoms with Crippen LogP contribution < -0.4 is 5.73 Å². The Morgan fingerprint density at radius 2 is 1.80 bits per heavy atom. The van der Waals surface area contributed by atoms with Crippen LogP contribution in [-0.2, 0) is 9.47 Å². The fourth-order valence-corrected chi connectivity index (χ4v) is 4.32. The van der Waals surface area contributed by atoms with Crippen LogP contribution in [0, 0.1) is 44.8 Å². The summed E-state index contributed by atoms with van der Waals surface area (Å²) in [5, 5.41) is 19.6. The van der Waals surface area contributed by atoms with Gasteiger partial charge in [0.2, 0.25) is 0 Å². The topological polar surface area (TPSA) is 104 Å². The molecule has 0 saturated heterocycles. The molecule has 0 radical (unpaired) electrons.